The van der Waals surface area contributed by atoms with Crippen molar-refractivity contribution in [1.29, 1.82) is 0 Å². The highest BCUT2D eigenvalue weighted by atomic mass is 16.5. The van der Waals surface area contributed by atoms with Gasteiger partial charge < -0.3 is 24.6 Å². The van der Waals surface area contributed by atoms with Crippen LogP contribution in [0, 0.1) is 5.92 Å². The number of hydrogen-bond donors (Lipinski definition) is 1. The molecular formula is C25H31N3O4. The molecule has 4 rings (SSSR count). The van der Waals surface area contributed by atoms with Crippen LogP contribution >= 0.6 is 0 Å². The van der Waals surface area contributed by atoms with Crippen LogP contribution in [0.15, 0.2) is 48.5 Å². The number of para-hydroxylation sites is 1. The van der Waals surface area contributed by atoms with Gasteiger partial charge in [-0.1, -0.05) is 18.2 Å². The van der Waals surface area contributed by atoms with E-state index in [-0.39, 0.29) is 23.9 Å². The lowest BCUT2D eigenvalue weighted by Crippen LogP contribution is -2.47. The molecule has 0 aliphatic carbocycles. The van der Waals surface area contributed by atoms with Crippen molar-refractivity contribution in [3.63, 3.8) is 0 Å². The SMILES string of the molecule is COc1ccc(OC)c([C@@H]2CCCN2C(=O)[C@H]2CCCN(C(=O)Nc3ccccc3)C2)c1. The van der Waals surface area contributed by atoms with Gasteiger partial charge in [0.1, 0.15) is 11.5 Å². The Morgan fingerprint density at radius 2 is 1.75 bits per heavy atom. The summed E-state index contributed by atoms with van der Waals surface area (Å²) >= 11 is 0. The molecule has 2 aromatic rings. The quantitative estimate of drug-likeness (QED) is 0.757. The maximum Gasteiger partial charge on any atom is 0.321 e. The van der Waals surface area contributed by atoms with Crippen molar-refractivity contribution in [2.24, 2.45) is 5.92 Å². The van der Waals surface area contributed by atoms with Crippen molar-refractivity contribution in [3.05, 3.63) is 54.1 Å². The van der Waals surface area contributed by atoms with Crippen LogP contribution in [0.1, 0.15) is 37.3 Å². The minimum absolute atomic E-state index is 0.0407. The zero-order valence-electron chi connectivity index (χ0n) is 18.8. The lowest BCUT2D eigenvalue weighted by Gasteiger charge is -2.36. The predicted octanol–water partition coefficient (Wildman–Crippen LogP) is 4.31. The van der Waals surface area contributed by atoms with Crippen molar-refractivity contribution in [2.45, 2.75) is 31.7 Å². The number of nitrogens with one attached hydrogen (secondary N) is 1. The average Bonchev–Trinajstić information content (AvgIpc) is 3.33. The number of rotatable bonds is 5. The summed E-state index contributed by atoms with van der Waals surface area (Å²) in [6.07, 6.45) is 3.45. The number of piperidine rings is 1. The molecule has 2 aliphatic heterocycles. The van der Waals surface area contributed by atoms with Crippen molar-refractivity contribution < 1.29 is 19.1 Å². The Morgan fingerprint density at radius 1 is 0.969 bits per heavy atom. The summed E-state index contributed by atoms with van der Waals surface area (Å²) in [7, 11) is 3.29. The number of carbonyl (C=O) groups is 2. The number of carbonyl (C=O) groups excluding carboxylic acids is 2. The number of anilines is 1. The first-order chi connectivity index (χ1) is 15.6. The number of amides is 3. The molecule has 2 saturated heterocycles. The van der Waals surface area contributed by atoms with Crippen LogP contribution < -0.4 is 14.8 Å². The van der Waals surface area contributed by atoms with Gasteiger partial charge in [0.15, 0.2) is 0 Å². The highest BCUT2D eigenvalue weighted by molar-refractivity contribution is 5.90. The zero-order valence-corrected chi connectivity index (χ0v) is 18.8. The van der Waals surface area contributed by atoms with Gasteiger partial charge in [0.05, 0.1) is 26.2 Å². The Balaban J connectivity index is 1.47. The molecule has 2 fully saturated rings. The number of nitrogens with zero attached hydrogens (tertiary/aromatic N) is 2. The molecule has 2 heterocycles. The van der Waals surface area contributed by atoms with E-state index >= 15 is 0 Å². The zero-order chi connectivity index (χ0) is 22.5. The summed E-state index contributed by atoms with van der Waals surface area (Å²) in [5.74, 6) is 1.45. The summed E-state index contributed by atoms with van der Waals surface area (Å²) in [4.78, 5) is 30.0. The van der Waals surface area contributed by atoms with Gasteiger partial charge in [0, 0.05) is 30.9 Å². The Hall–Kier alpha value is -3.22. The fourth-order valence-corrected chi connectivity index (χ4v) is 4.78. The van der Waals surface area contributed by atoms with Gasteiger partial charge in [-0.25, -0.2) is 4.79 Å². The van der Waals surface area contributed by atoms with Crippen molar-refractivity contribution in [2.75, 3.05) is 39.2 Å². The number of methoxy groups -OCH3 is 2. The lowest BCUT2D eigenvalue weighted by molar-refractivity contribution is -0.137. The highest BCUT2D eigenvalue weighted by Gasteiger charge is 2.37. The van der Waals surface area contributed by atoms with Gasteiger partial charge in [-0.2, -0.15) is 0 Å². The van der Waals surface area contributed by atoms with E-state index in [1.165, 1.54) is 0 Å². The molecule has 1 N–H and O–H groups in total. The first-order valence-electron chi connectivity index (χ1n) is 11.2. The average molecular weight is 438 g/mol. The fourth-order valence-electron chi connectivity index (χ4n) is 4.78. The van der Waals surface area contributed by atoms with Crippen LogP contribution in [0.25, 0.3) is 0 Å². The van der Waals surface area contributed by atoms with Crippen LogP contribution in [-0.4, -0.2) is 55.6 Å². The van der Waals surface area contributed by atoms with Gasteiger partial charge in [0.25, 0.3) is 0 Å². The third-order valence-electron chi connectivity index (χ3n) is 6.41. The van der Waals surface area contributed by atoms with E-state index in [1.807, 2.05) is 53.4 Å². The second-order valence-corrected chi connectivity index (χ2v) is 8.38. The molecule has 0 aromatic heterocycles. The maximum atomic E-state index is 13.6. The summed E-state index contributed by atoms with van der Waals surface area (Å²) in [5, 5.41) is 2.93. The standard InChI is InChI=1S/C25H31N3O4/c1-31-20-12-13-23(32-2)21(16-20)22-11-7-15-28(22)24(29)18-8-6-14-27(17-18)25(30)26-19-9-4-3-5-10-19/h3-5,9-10,12-13,16,18,22H,6-8,11,14-15,17H2,1-2H3,(H,26,30)/t18-,22-/m0/s1. The van der Waals surface area contributed by atoms with Gasteiger partial charge in [-0.15, -0.1) is 0 Å². The molecule has 2 atom stereocenters. The monoisotopic (exact) mass is 437 g/mol. The molecule has 7 nitrogen and oxygen atoms in total. The van der Waals surface area contributed by atoms with Crippen molar-refractivity contribution >= 4 is 17.6 Å². The molecule has 2 aliphatic rings. The van der Waals surface area contributed by atoms with E-state index in [0.29, 0.717) is 13.1 Å². The van der Waals surface area contributed by atoms with Gasteiger partial charge in [0.2, 0.25) is 5.91 Å². The Bertz CT molecular complexity index is 949. The van der Waals surface area contributed by atoms with Crippen molar-refractivity contribution in [3.8, 4) is 11.5 Å². The molecule has 7 heteroatoms. The molecule has 170 valence electrons. The number of urea groups is 1. The third kappa shape index (κ3) is 4.66. The molecule has 0 bridgehead atoms. The minimum Gasteiger partial charge on any atom is -0.497 e. The molecular weight excluding hydrogens is 406 g/mol. The van der Waals surface area contributed by atoms with E-state index in [9.17, 15) is 9.59 Å². The normalized spacial score (nSPS) is 20.7. The highest BCUT2D eigenvalue weighted by Crippen LogP contribution is 2.40. The van der Waals surface area contributed by atoms with Gasteiger partial charge >= 0.3 is 6.03 Å². The second kappa shape index (κ2) is 9.94. The smallest absolute Gasteiger partial charge is 0.321 e. The maximum absolute atomic E-state index is 13.6. The van der Waals surface area contributed by atoms with Crippen LogP contribution in [0.3, 0.4) is 0 Å². The predicted molar refractivity (Wildman–Crippen MR) is 123 cm³/mol. The van der Waals surface area contributed by atoms with E-state index in [0.717, 1.165) is 55.0 Å². The van der Waals surface area contributed by atoms with E-state index in [1.54, 1.807) is 19.1 Å². The molecule has 0 unspecified atom stereocenters. The topological polar surface area (TPSA) is 71.1 Å². The van der Waals surface area contributed by atoms with E-state index < -0.39 is 0 Å². The summed E-state index contributed by atoms with van der Waals surface area (Å²) < 4.78 is 11.0. The summed E-state index contributed by atoms with van der Waals surface area (Å²) in [6, 6.07) is 14.9. The van der Waals surface area contributed by atoms with Crippen LogP contribution in [0.4, 0.5) is 10.5 Å². The largest absolute Gasteiger partial charge is 0.497 e. The first kappa shape index (κ1) is 22.0. The Kier molecular flexibility index (Phi) is 6.83. The van der Waals surface area contributed by atoms with E-state index in [2.05, 4.69) is 5.32 Å². The van der Waals surface area contributed by atoms with Crippen LogP contribution in [0.2, 0.25) is 0 Å². The fraction of sp³-hybridized carbons (Fsp3) is 0.440. The van der Waals surface area contributed by atoms with Crippen LogP contribution in [-0.2, 0) is 4.79 Å². The van der Waals surface area contributed by atoms with Crippen molar-refractivity contribution in [1.82, 2.24) is 9.80 Å². The molecule has 2 aromatic carbocycles. The number of likely N-dealkylation sites (tertiary alicyclic amines) is 2. The molecule has 0 spiro atoms. The molecule has 0 radical (unpaired) electrons. The van der Waals surface area contributed by atoms with Crippen LogP contribution in [0.5, 0.6) is 11.5 Å². The third-order valence-corrected chi connectivity index (χ3v) is 6.41. The minimum atomic E-state index is -0.192. The number of hydrogen-bond acceptors (Lipinski definition) is 4. The van der Waals surface area contributed by atoms with E-state index in [4.69, 9.17) is 9.47 Å². The Labute approximate surface area is 189 Å². The summed E-state index contributed by atoms with van der Waals surface area (Å²) in [6.45, 7) is 1.82. The number of benzene rings is 2. The lowest BCUT2D eigenvalue weighted by atomic mass is 9.95. The molecule has 3 amide bonds. The molecule has 0 saturated carbocycles. The first-order valence-corrected chi connectivity index (χ1v) is 11.2. The summed E-state index contributed by atoms with van der Waals surface area (Å²) in [5.41, 5.74) is 1.74. The molecule has 32 heavy (non-hydrogen) atoms. The Morgan fingerprint density at radius 3 is 2.50 bits per heavy atom. The second-order valence-electron chi connectivity index (χ2n) is 8.38. The van der Waals surface area contributed by atoms with Gasteiger partial charge in [-0.05, 0) is 56.0 Å². The number of ether oxygens (including phenoxy) is 2. The van der Waals surface area contributed by atoms with Gasteiger partial charge in [-0.3, -0.25) is 4.79 Å².